The van der Waals surface area contributed by atoms with Crippen LogP contribution < -0.4 is 14.4 Å². The zero-order chi connectivity index (χ0) is 20.6. The number of nitrogens with zero attached hydrogens (tertiary/aromatic N) is 2. The second-order valence-corrected chi connectivity index (χ2v) is 10.1. The highest BCUT2D eigenvalue weighted by Gasteiger charge is 2.50. The Bertz CT molecular complexity index is 1070. The van der Waals surface area contributed by atoms with E-state index in [-0.39, 0.29) is 28.7 Å². The minimum absolute atomic E-state index is 0.0123. The number of amidine groups is 1. The Morgan fingerprint density at radius 3 is 2.55 bits per heavy atom. The third-order valence-corrected chi connectivity index (χ3v) is 8.14. The molecule has 2 heterocycles. The van der Waals surface area contributed by atoms with Crippen molar-refractivity contribution in [3.05, 3.63) is 54.1 Å². The molecule has 152 valence electrons. The van der Waals surface area contributed by atoms with Gasteiger partial charge in [0.15, 0.2) is 15.0 Å². The van der Waals surface area contributed by atoms with Crippen molar-refractivity contribution in [2.75, 3.05) is 30.6 Å². The van der Waals surface area contributed by atoms with E-state index in [1.54, 1.807) is 49.6 Å². The zero-order valence-corrected chi connectivity index (χ0v) is 17.6. The fourth-order valence-electron chi connectivity index (χ4n) is 3.56. The number of benzene rings is 2. The smallest absolute Gasteiger partial charge is 0.279 e. The van der Waals surface area contributed by atoms with Crippen LogP contribution >= 0.6 is 11.8 Å². The average molecular weight is 433 g/mol. The molecule has 2 aliphatic rings. The normalized spacial score (nSPS) is 23.8. The van der Waals surface area contributed by atoms with Crippen molar-refractivity contribution in [3.63, 3.8) is 0 Å². The van der Waals surface area contributed by atoms with Gasteiger partial charge in [-0.1, -0.05) is 30.0 Å². The zero-order valence-electron chi connectivity index (χ0n) is 15.9. The molecule has 4 rings (SSSR count). The largest absolute Gasteiger partial charge is 0.497 e. The molecule has 1 amide bonds. The quantitative estimate of drug-likeness (QED) is 0.734. The molecule has 2 saturated heterocycles. The summed E-state index contributed by atoms with van der Waals surface area (Å²) >= 11 is 1.33. The highest BCUT2D eigenvalue weighted by molar-refractivity contribution is 8.16. The predicted octanol–water partition coefficient (Wildman–Crippen LogP) is 2.62. The van der Waals surface area contributed by atoms with Gasteiger partial charge in [-0.05, 0) is 24.3 Å². The molecule has 0 aromatic heterocycles. The highest BCUT2D eigenvalue weighted by Crippen LogP contribution is 2.44. The fraction of sp³-hybridized carbons (Fsp3) is 0.300. The van der Waals surface area contributed by atoms with Gasteiger partial charge in [0, 0.05) is 16.9 Å². The maximum Gasteiger partial charge on any atom is 0.279 e. The van der Waals surface area contributed by atoms with Crippen molar-refractivity contribution in [1.29, 1.82) is 0 Å². The van der Waals surface area contributed by atoms with E-state index in [1.807, 2.05) is 11.0 Å². The number of fused-ring (bicyclic) bond motifs is 1. The summed E-state index contributed by atoms with van der Waals surface area (Å²) in [7, 11) is -0.0522. The van der Waals surface area contributed by atoms with Crippen LogP contribution in [0.25, 0.3) is 0 Å². The number of sulfone groups is 1. The topological polar surface area (TPSA) is 85.3 Å². The molecule has 0 N–H and O–H groups in total. The average Bonchev–Trinajstić information content (AvgIpc) is 3.18. The van der Waals surface area contributed by atoms with E-state index in [0.717, 1.165) is 0 Å². The molecule has 9 heteroatoms. The lowest BCUT2D eigenvalue weighted by Crippen LogP contribution is -2.38. The van der Waals surface area contributed by atoms with Gasteiger partial charge in [0.1, 0.15) is 11.5 Å². The van der Waals surface area contributed by atoms with Crippen molar-refractivity contribution in [2.45, 2.75) is 11.3 Å². The van der Waals surface area contributed by atoms with Crippen molar-refractivity contribution >= 4 is 38.4 Å². The van der Waals surface area contributed by atoms with Gasteiger partial charge in [0.25, 0.3) is 5.91 Å². The van der Waals surface area contributed by atoms with E-state index < -0.39 is 9.84 Å². The number of hydrogen-bond acceptors (Lipinski definition) is 6. The summed E-state index contributed by atoms with van der Waals surface area (Å²) in [6.45, 7) is 0. The van der Waals surface area contributed by atoms with Crippen LogP contribution in [-0.4, -0.2) is 56.5 Å². The van der Waals surface area contributed by atoms with Crippen molar-refractivity contribution in [3.8, 4) is 11.5 Å². The van der Waals surface area contributed by atoms with Crippen LogP contribution in [0, 0.1) is 0 Å². The number of anilines is 1. The molecule has 0 bridgehead atoms. The van der Waals surface area contributed by atoms with E-state index in [2.05, 4.69) is 4.99 Å². The molecule has 0 saturated carbocycles. The van der Waals surface area contributed by atoms with E-state index >= 15 is 0 Å². The Morgan fingerprint density at radius 1 is 1.10 bits per heavy atom. The summed E-state index contributed by atoms with van der Waals surface area (Å²) in [5, 5.41) is 0.293. The highest BCUT2D eigenvalue weighted by atomic mass is 32.2. The monoisotopic (exact) mass is 432 g/mol. The van der Waals surface area contributed by atoms with Crippen LogP contribution in [0.5, 0.6) is 11.5 Å². The van der Waals surface area contributed by atoms with Gasteiger partial charge in [-0.15, -0.1) is 0 Å². The molecule has 29 heavy (non-hydrogen) atoms. The van der Waals surface area contributed by atoms with Crippen LogP contribution in [0.4, 0.5) is 5.69 Å². The molecule has 0 spiro atoms. The molecule has 2 aromatic carbocycles. The molecule has 0 aliphatic carbocycles. The SMILES string of the molecule is COc1ccc(N2C(=NC(=O)c3ccccc3)S[C@@H]3CS(=O)(=O)C[C@H]32)c(OC)c1. The molecule has 7 nitrogen and oxygen atoms in total. The molecule has 2 atom stereocenters. The number of hydrogen-bond donors (Lipinski definition) is 0. The summed E-state index contributed by atoms with van der Waals surface area (Å²) in [4.78, 5) is 18.8. The van der Waals surface area contributed by atoms with Crippen LogP contribution in [0.15, 0.2) is 53.5 Å². The van der Waals surface area contributed by atoms with Crippen LogP contribution in [0.3, 0.4) is 0 Å². The number of methoxy groups -OCH3 is 2. The Kier molecular flexibility index (Phi) is 5.26. The minimum Gasteiger partial charge on any atom is -0.497 e. The molecule has 2 aromatic rings. The van der Waals surface area contributed by atoms with Crippen molar-refractivity contribution in [2.24, 2.45) is 4.99 Å². The minimum atomic E-state index is -3.15. The van der Waals surface area contributed by atoms with Gasteiger partial charge in [0.05, 0.1) is 37.5 Å². The lowest BCUT2D eigenvalue weighted by Gasteiger charge is -2.26. The maximum absolute atomic E-state index is 12.7. The van der Waals surface area contributed by atoms with Crippen LogP contribution in [-0.2, 0) is 9.84 Å². The third-order valence-electron chi connectivity index (χ3n) is 4.93. The van der Waals surface area contributed by atoms with Crippen LogP contribution in [0.2, 0.25) is 0 Å². The lowest BCUT2D eigenvalue weighted by molar-refractivity contribution is 0.100. The first-order valence-corrected chi connectivity index (χ1v) is 11.7. The predicted molar refractivity (Wildman–Crippen MR) is 114 cm³/mol. The van der Waals surface area contributed by atoms with Crippen molar-refractivity contribution < 1.29 is 22.7 Å². The van der Waals surface area contributed by atoms with E-state index in [1.165, 1.54) is 18.9 Å². The molecule has 2 fully saturated rings. The molecule has 0 radical (unpaired) electrons. The molecule has 0 unspecified atom stereocenters. The standard InChI is InChI=1S/C20H20N2O5S2/c1-26-14-8-9-15(17(10-14)27-2)22-16-11-29(24,25)12-18(16)28-20(22)21-19(23)13-6-4-3-5-7-13/h3-10,16,18H,11-12H2,1-2H3/t16-,18-/m1/s1. The van der Waals surface area contributed by atoms with Crippen LogP contribution in [0.1, 0.15) is 10.4 Å². The van der Waals surface area contributed by atoms with Gasteiger partial charge in [-0.2, -0.15) is 4.99 Å². The number of rotatable bonds is 4. The van der Waals surface area contributed by atoms with E-state index in [0.29, 0.717) is 27.9 Å². The fourth-order valence-corrected chi connectivity index (χ4v) is 7.47. The summed E-state index contributed by atoms with van der Waals surface area (Å²) < 4.78 is 35.2. The van der Waals surface area contributed by atoms with Gasteiger partial charge < -0.3 is 14.4 Å². The number of carbonyl (C=O) groups is 1. The Balaban J connectivity index is 1.78. The molecular formula is C20H20N2O5S2. The number of carbonyl (C=O) groups excluding carboxylic acids is 1. The number of thioether (sulfide) groups is 1. The maximum atomic E-state index is 12.7. The molecule has 2 aliphatic heterocycles. The lowest BCUT2D eigenvalue weighted by atomic mass is 10.2. The summed E-state index contributed by atoms with van der Waals surface area (Å²) in [5.74, 6) is 0.851. The van der Waals surface area contributed by atoms with Crippen molar-refractivity contribution in [1.82, 2.24) is 0 Å². The Hall–Kier alpha value is -2.52. The second-order valence-electron chi connectivity index (χ2n) is 6.77. The number of aliphatic imine (C=N–C) groups is 1. The van der Waals surface area contributed by atoms with Gasteiger partial charge in [-0.25, -0.2) is 8.42 Å². The molecular weight excluding hydrogens is 412 g/mol. The van der Waals surface area contributed by atoms with Gasteiger partial charge >= 0.3 is 0 Å². The summed E-state index contributed by atoms with van der Waals surface area (Å²) in [6, 6.07) is 13.8. The first-order chi connectivity index (χ1) is 13.9. The Labute approximate surface area is 173 Å². The third kappa shape index (κ3) is 3.84. The number of ether oxygens (including phenoxy) is 2. The first kappa shape index (κ1) is 19.8. The number of amides is 1. The summed E-state index contributed by atoms with van der Waals surface area (Å²) in [6.07, 6.45) is 0. The summed E-state index contributed by atoms with van der Waals surface area (Å²) in [5.41, 5.74) is 1.14. The first-order valence-electron chi connectivity index (χ1n) is 8.98. The van der Waals surface area contributed by atoms with E-state index in [4.69, 9.17) is 9.47 Å². The van der Waals surface area contributed by atoms with Gasteiger partial charge in [0.2, 0.25) is 0 Å². The van der Waals surface area contributed by atoms with Gasteiger partial charge in [-0.3, -0.25) is 4.79 Å². The van der Waals surface area contributed by atoms with E-state index in [9.17, 15) is 13.2 Å². The Morgan fingerprint density at radius 2 is 1.86 bits per heavy atom. The second kappa shape index (κ2) is 7.72.